The van der Waals surface area contributed by atoms with Crippen LogP contribution in [0, 0.1) is 11.3 Å². The Kier molecular flexibility index (Phi) is 5.94. The van der Waals surface area contributed by atoms with Crippen LogP contribution >= 0.6 is 0 Å². The fourth-order valence-corrected chi connectivity index (χ4v) is 2.30. The van der Waals surface area contributed by atoms with Crippen molar-refractivity contribution in [3.05, 3.63) is 0 Å². The van der Waals surface area contributed by atoms with Gasteiger partial charge >= 0.3 is 0 Å². The van der Waals surface area contributed by atoms with Gasteiger partial charge < -0.3 is 10.2 Å². The van der Waals surface area contributed by atoms with Crippen LogP contribution in [0.4, 0.5) is 0 Å². The van der Waals surface area contributed by atoms with E-state index in [1.807, 2.05) is 0 Å². The molecular weight excluding hydrogens is 208 g/mol. The molecule has 2 nitrogen and oxygen atoms in total. The van der Waals surface area contributed by atoms with E-state index in [4.69, 9.17) is 0 Å². The Morgan fingerprint density at radius 3 is 2.41 bits per heavy atom. The number of rotatable bonds is 9. The first-order chi connectivity index (χ1) is 7.94. The highest BCUT2D eigenvalue weighted by Gasteiger charge is 2.29. The van der Waals surface area contributed by atoms with E-state index in [0.29, 0.717) is 11.5 Å². The van der Waals surface area contributed by atoms with E-state index >= 15 is 0 Å². The lowest BCUT2D eigenvalue weighted by Crippen LogP contribution is -2.44. The van der Waals surface area contributed by atoms with E-state index in [1.54, 1.807) is 0 Å². The first-order valence-corrected chi connectivity index (χ1v) is 7.39. The predicted molar refractivity (Wildman–Crippen MR) is 76.4 cm³/mol. The van der Waals surface area contributed by atoms with Crippen LogP contribution in [0.15, 0.2) is 0 Å². The summed E-state index contributed by atoms with van der Waals surface area (Å²) in [5.74, 6) is 0.997. The third kappa shape index (κ3) is 6.42. The monoisotopic (exact) mass is 240 g/mol. The maximum absolute atomic E-state index is 3.56. The summed E-state index contributed by atoms with van der Waals surface area (Å²) in [5, 5.41) is 3.56. The zero-order chi connectivity index (χ0) is 12.9. The molecule has 0 bridgehead atoms. The van der Waals surface area contributed by atoms with Crippen LogP contribution in [0.5, 0.6) is 0 Å². The largest absolute Gasteiger partial charge is 0.316 e. The molecule has 0 aromatic heterocycles. The van der Waals surface area contributed by atoms with E-state index in [2.05, 4.69) is 44.8 Å². The Labute approximate surface area is 108 Å². The van der Waals surface area contributed by atoms with E-state index in [0.717, 1.165) is 19.0 Å². The minimum Gasteiger partial charge on any atom is -0.316 e. The molecule has 2 heteroatoms. The lowest BCUT2D eigenvalue weighted by Gasteiger charge is -2.35. The molecule has 0 aliphatic heterocycles. The molecule has 0 radical (unpaired) electrons. The van der Waals surface area contributed by atoms with E-state index in [9.17, 15) is 0 Å². The smallest absolute Gasteiger partial charge is 0.00476 e. The van der Waals surface area contributed by atoms with E-state index in [-0.39, 0.29) is 0 Å². The fourth-order valence-electron chi connectivity index (χ4n) is 2.30. The van der Waals surface area contributed by atoms with Crippen LogP contribution < -0.4 is 5.32 Å². The van der Waals surface area contributed by atoms with Crippen molar-refractivity contribution in [2.24, 2.45) is 11.3 Å². The SMILES string of the molecule is CCCNCC(C)(C)CN(CC1CC1)C(C)C. The van der Waals surface area contributed by atoms with Crippen molar-refractivity contribution in [3.63, 3.8) is 0 Å². The normalized spacial score (nSPS) is 17.1. The Morgan fingerprint density at radius 2 is 1.94 bits per heavy atom. The first-order valence-electron chi connectivity index (χ1n) is 7.39. The average molecular weight is 240 g/mol. The molecule has 1 aliphatic carbocycles. The van der Waals surface area contributed by atoms with Crippen molar-refractivity contribution in [2.45, 2.75) is 59.9 Å². The van der Waals surface area contributed by atoms with Crippen LogP contribution in [0.2, 0.25) is 0 Å². The zero-order valence-corrected chi connectivity index (χ0v) is 12.6. The summed E-state index contributed by atoms with van der Waals surface area (Å²) < 4.78 is 0. The number of nitrogens with zero attached hydrogens (tertiary/aromatic N) is 1. The fraction of sp³-hybridized carbons (Fsp3) is 1.00. The van der Waals surface area contributed by atoms with Gasteiger partial charge in [0.25, 0.3) is 0 Å². The van der Waals surface area contributed by atoms with Gasteiger partial charge in [-0.2, -0.15) is 0 Å². The lowest BCUT2D eigenvalue weighted by atomic mass is 9.92. The maximum atomic E-state index is 3.56. The minimum atomic E-state index is 0.383. The Morgan fingerprint density at radius 1 is 1.29 bits per heavy atom. The van der Waals surface area contributed by atoms with Gasteiger partial charge in [0.15, 0.2) is 0 Å². The molecule has 0 saturated heterocycles. The summed E-state index contributed by atoms with van der Waals surface area (Å²) in [6.07, 6.45) is 4.14. The molecular formula is C15H32N2. The molecule has 17 heavy (non-hydrogen) atoms. The summed E-state index contributed by atoms with van der Waals surface area (Å²) in [4.78, 5) is 2.67. The minimum absolute atomic E-state index is 0.383. The van der Waals surface area contributed by atoms with Gasteiger partial charge in [0.1, 0.15) is 0 Å². The average Bonchev–Trinajstić information content (AvgIpc) is 3.00. The third-order valence-electron chi connectivity index (χ3n) is 3.58. The van der Waals surface area contributed by atoms with Gasteiger partial charge in [0, 0.05) is 25.7 Å². The second kappa shape index (κ2) is 6.75. The maximum Gasteiger partial charge on any atom is 0.00476 e. The van der Waals surface area contributed by atoms with Crippen molar-refractivity contribution in [3.8, 4) is 0 Å². The van der Waals surface area contributed by atoms with Gasteiger partial charge in [-0.3, -0.25) is 0 Å². The highest BCUT2D eigenvalue weighted by atomic mass is 15.2. The molecule has 0 aromatic carbocycles. The molecule has 1 N–H and O–H groups in total. The van der Waals surface area contributed by atoms with Gasteiger partial charge in [-0.25, -0.2) is 0 Å². The standard InChI is InChI=1S/C15H32N2/c1-6-9-16-11-15(4,5)12-17(13(2)3)10-14-7-8-14/h13-14,16H,6-12H2,1-5H3. The van der Waals surface area contributed by atoms with Crippen LogP contribution in [-0.2, 0) is 0 Å². The summed E-state index contributed by atoms with van der Waals surface area (Å²) in [6, 6.07) is 0.682. The molecule has 0 heterocycles. The Hall–Kier alpha value is -0.0800. The summed E-state index contributed by atoms with van der Waals surface area (Å²) in [6.45, 7) is 16.5. The van der Waals surface area contributed by atoms with Crippen LogP contribution in [-0.4, -0.2) is 37.1 Å². The molecule has 1 fully saturated rings. The van der Waals surface area contributed by atoms with Crippen LogP contribution in [0.3, 0.4) is 0 Å². The highest BCUT2D eigenvalue weighted by molar-refractivity contribution is 4.83. The molecule has 0 unspecified atom stereocenters. The molecule has 1 saturated carbocycles. The molecule has 0 amide bonds. The van der Waals surface area contributed by atoms with Gasteiger partial charge in [-0.15, -0.1) is 0 Å². The van der Waals surface area contributed by atoms with E-state index < -0.39 is 0 Å². The van der Waals surface area contributed by atoms with Crippen molar-refractivity contribution >= 4 is 0 Å². The lowest BCUT2D eigenvalue weighted by molar-refractivity contribution is 0.137. The Bertz CT molecular complexity index is 207. The topological polar surface area (TPSA) is 15.3 Å². The van der Waals surface area contributed by atoms with Gasteiger partial charge in [0.2, 0.25) is 0 Å². The zero-order valence-electron chi connectivity index (χ0n) is 12.6. The number of hydrogen-bond donors (Lipinski definition) is 1. The number of nitrogens with one attached hydrogen (secondary N) is 1. The summed E-state index contributed by atoms with van der Waals surface area (Å²) >= 11 is 0. The molecule has 102 valence electrons. The quantitative estimate of drug-likeness (QED) is 0.623. The molecule has 0 atom stereocenters. The predicted octanol–water partition coefficient (Wildman–Crippen LogP) is 3.13. The number of hydrogen-bond acceptors (Lipinski definition) is 2. The second-order valence-corrected chi connectivity index (χ2v) is 6.81. The van der Waals surface area contributed by atoms with Crippen molar-refractivity contribution in [2.75, 3.05) is 26.2 Å². The summed E-state index contributed by atoms with van der Waals surface area (Å²) in [5.41, 5.74) is 0.383. The van der Waals surface area contributed by atoms with Crippen molar-refractivity contribution in [1.82, 2.24) is 10.2 Å². The highest BCUT2D eigenvalue weighted by Crippen LogP contribution is 2.31. The molecule has 1 rings (SSSR count). The molecule has 0 spiro atoms. The van der Waals surface area contributed by atoms with Crippen molar-refractivity contribution < 1.29 is 0 Å². The van der Waals surface area contributed by atoms with Crippen LogP contribution in [0.1, 0.15) is 53.9 Å². The molecule has 0 aromatic rings. The first kappa shape index (κ1) is 15.0. The van der Waals surface area contributed by atoms with Crippen molar-refractivity contribution in [1.29, 1.82) is 0 Å². The molecule has 1 aliphatic rings. The Balaban J connectivity index is 2.34. The van der Waals surface area contributed by atoms with Crippen LogP contribution in [0.25, 0.3) is 0 Å². The van der Waals surface area contributed by atoms with E-state index in [1.165, 1.54) is 32.4 Å². The van der Waals surface area contributed by atoms with Gasteiger partial charge in [0.05, 0.1) is 0 Å². The van der Waals surface area contributed by atoms with Gasteiger partial charge in [-0.05, 0) is 51.0 Å². The van der Waals surface area contributed by atoms with Gasteiger partial charge in [-0.1, -0.05) is 20.8 Å². The third-order valence-corrected chi connectivity index (χ3v) is 3.58. The second-order valence-electron chi connectivity index (χ2n) is 6.81. The summed E-state index contributed by atoms with van der Waals surface area (Å²) in [7, 11) is 0.